The van der Waals surface area contributed by atoms with E-state index < -0.39 is 0 Å². The number of halogens is 1. The third-order valence-electron chi connectivity index (χ3n) is 5.02. The molecule has 3 aromatic carbocycles. The summed E-state index contributed by atoms with van der Waals surface area (Å²) in [6, 6.07) is 19.8. The monoisotopic (exact) mass is 420 g/mol. The predicted octanol–water partition coefficient (Wildman–Crippen LogP) is 6.72. The molecule has 0 aliphatic heterocycles. The summed E-state index contributed by atoms with van der Waals surface area (Å²) in [5, 5.41) is 1.37. The molecule has 146 valence electrons. The van der Waals surface area contributed by atoms with E-state index in [1.807, 2.05) is 81.4 Å². The zero-order valence-corrected chi connectivity index (χ0v) is 18.1. The van der Waals surface area contributed by atoms with Crippen LogP contribution in [0.5, 0.6) is 0 Å². The van der Waals surface area contributed by atoms with Crippen molar-refractivity contribution in [1.29, 1.82) is 0 Å². The van der Waals surface area contributed by atoms with E-state index in [2.05, 4.69) is 0 Å². The van der Waals surface area contributed by atoms with Crippen LogP contribution in [-0.2, 0) is 6.54 Å². The Labute approximate surface area is 179 Å². The molecular formula is C24H21ClN2OS. The van der Waals surface area contributed by atoms with E-state index in [4.69, 9.17) is 16.6 Å². The van der Waals surface area contributed by atoms with Crippen molar-refractivity contribution in [3.8, 4) is 0 Å². The topological polar surface area (TPSA) is 33.2 Å². The maximum absolute atomic E-state index is 13.6. The van der Waals surface area contributed by atoms with Gasteiger partial charge in [0.05, 0.1) is 16.8 Å². The van der Waals surface area contributed by atoms with Gasteiger partial charge in [0.15, 0.2) is 5.13 Å². The highest BCUT2D eigenvalue weighted by Gasteiger charge is 2.23. The fraction of sp³-hybridized carbons (Fsp3) is 0.167. The molecule has 1 aromatic heterocycles. The Hall–Kier alpha value is -2.69. The lowest BCUT2D eigenvalue weighted by Crippen LogP contribution is -2.31. The normalized spacial score (nSPS) is 11.0. The minimum absolute atomic E-state index is 0.0436. The number of aromatic nitrogens is 1. The second-order valence-corrected chi connectivity index (χ2v) is 8.63. The molecule has 0 saturated heterocycles. The van der Waals surface area contributed by atoms with Crippen LogP contribution in [0.25, 0.3) is 10.2 Å². The lowest BCUT2D eigenvalue weighted by molar-refractivity contribution is 0.0984. The molecule has 0 N–H and O–H groups in total. The fourth-order valence-corrected chi connectivity index (χ4v) is 4.48. The van der Waals surface area contributed by atoms with Crippen molar-refractivity contribution in [2.75, 3.05) is 4.90 Å². The summed E-state index contributed by atoms with van der Waals surface area (Å²) in [7, 11) is 0. The van der Waals surface area contributed by atoms with Crippen molar-refractivity contribution < 1.29 is 4.79 Å². The number of hydrogen-bond donors (Lipinski definition) is 0. The standard InChI is InChI=1S/C24H21ClN2OS/c1-15-9-10-16(2)19(13-15)23(28)27(14-18-7-5-4-6-8-18)24-26-22-17(3)20(25)11-12-21(22)29-24/h4-13H,14H2,1-3H3. The SMILES string of the molecule is Cc1ccc(C)c(C(=O)N(Cc2ccccc2)c2nc3c(C)c(Cl)ccc3s2)c1. The molecule has 0 aliphatic rings. The molecule has 0 radical (unpaired) electrons. The summed E-state index contributed by atoms with van der Waals surface area (Å²) in [5.41, 5.74) is 5.56. The van der Waals surface area contributed by atoms with Crippen molar-refractivity contribution in [3.63, 3.8) is 0 Å². The highest BCUT2D eigenvalue weighted by molar-refractivity contribution is 7.22. The van der Waals surface area contributed by atoms with Crippen LogP contribution in [0.2, 0.25) is 5.02 Å². The predicted molar refractivity (Wildman–Crippen MR) is 122 cm³/mol. The summed E-state index contributed by atoms with van der Waals surface area (Å²) in [6.45, 7) is 6.39. The van der Waals surface area contributed by atoms with E-state index in [1.54, 1.807) is 4.90 Å². The Bertz CT molecular complexity index is 1200. The van der Waals surface area contributed by atoms with Crippen LogP contribution >= 0.6 is 22.9 Å². The van der Waals surface area contributed by atoms with Gasteiger partial charge in [-0.05, 0) is 55.7 Å². The number of carbonyl (C=O) groups excluding carboxylic acids is 1. The summed E-state index contributed by atoms with van der Waals surface area (Å²) in [5.74, 6) is -0.0436. The molecule has 0 saturated carbocycles. The van der Waals surface area contributed by atoms with Crippen LogP contribution < -0.4 is 4.90 Å². The van der Waals surface area contributed by atoms with Crippen molar-refractivity contribution in [2.45, 2.75) is 27.3 Å². The van der Waals surface area contributed by atoms with Gasteiger partial charge in [-0.15, -0.1) is 0 Å². The Morgan fingerprint density at radius 3 is 2.55 bits per heavy atom. The maximum Gasteiger partial charge on any atom is 0.260 e. The zero-order chi connectivity index (χ0) is 20.5. The van der Waals surface area contributed by atoms with Crippen LogP contribution in [0.1, 0.15) is 32.6 Å². The van der Waals surface area contributed by atoms with Gasteiger partial charge in [-0.1, -0.05) is 71.0 Å². The van der Waals surface area contributed by atoms with Crippen molar-refractivity contribution in [1.82, 2.24) is 4.98 Å². The number of hydrogen-bond acceptors (Lipinski definition) is 3. The van der Waals surface area contributed by atoms with Gasteiger partial charge in [-0.25, -0.2) is 4.98 Å². The number of carbonyl (C=O) groups is 1. The molecule has 1 heterocycles. The van der Waals surface area contributed by atoms with Crippen LogP contribution in [0.4, 0.5) is 5.13 Å². The fourth-order valence-electron chi connectivity index (χ4n) is 3.31. The summed E-state index contributed by atoms with van der Waals surface area (Å²) in [6.07, 6.45) is 0. The van der Waals surface area contributed by atoms with E-state index in [-0.39, 0.29) is 5.91 Å². The second-order valence-electron chi connectivity index (χ2n) is 7.21. The molecule has 0 atom stereocenters. The van der Waals surface area contributed by atoms with E-state index in [1.165, 1.54) is 11.3 Å². The van der Waals surface area contributed by atoms with Crippen LogP contribution in [-0.4, -0.2) is 10.9 Å². The molecule has 3 nitrogen and oxygen atoms in total. The average molecular weight is 421 g/mol. The van der Waals surface area contributed by atoms with E-state index >= 15 is 0 Å². The van der Waals surface area contributed by atoms with Gasteiger partial charge in [0, 0.05) is 10.6 Å². The molecule has 29 heavy (non-hydrogen) atoms. The number of benzene rings is 3. The third-order valence-corrected chi connectivity index (χ3v) is 6.47. The van der Waals surface area contributed by atoms with Gasteiger partial charge in [0.2, 0.25) is 0 Å². The van der Waals surface area contributed by atoms with Crippen LogP contribution in [0.15, 0.2) is 60.7 Å². The van der Waals surface area contributed by atoms with Gasteiger partial charge < -0.3 is 0 Å². The number of nitrogens with zero attached hydrogens (tertiary/aromatic N) is 2. The van der Waals surface area contributed by atoms with E-state index in [0.29, 0.717) is 22.3 Å². The number of fused-ring (bicyclic) bond motifs is 1. The van der Waals surface area contributed by atoms with Gasteiger partial charge in [-0.3, -0.25) is 9.69 Å². The van der Waals surface area contributed by atoms with Gasteiger partial charge in [-0.2, -0.15) is 0 Å². The summed E-state index contributed by atoms with van der Waals surface area (Å²) < 4.78 is 1.02. The third kappa shape index (κ3) is 3.91. The first-order valence-electron chi connectivity index (χ1n) is 9.42. The lowest BCUT2D eigenvalue weighted by Gasteiger charge is -2.21. The number of amides is 1. The molecule has 0 bridgehead atoms. The molecule has 0 aliphatic carbocycles. The Morgan fingerprint density at radius 1 is 1.03 bits per heavy atom. The van der Waals surface area contributed by atoms with E-state index in [0.717, 1.165) is 32.5 Å². The highest BCUT2D eigenvalue weighted by atomic mass is 35.5. The first-order valence-corrected chi connectivity index (χ1v) is 10.6. The van der Waals surface area contributed by atoms with Crippen molar-refractivity contribution >= 4 is 44.2 Å². The molecular weight excluding hydrogens is 400 g/mol. The maximum atomic E-state index is 13.6. The first-order chi connectivity index (χ1) is 13.9. The van der Waals surface area contributed by atoms with Crippen LogP contribution in [0, 0.1) is 20.8 Å². The smallest absolute Gasteiger partial charge is 0.260 e. The Kier molecular flexibility index (Phi) is 5.39. The number of rotatable bonds is 4. The largest absolute Gasteiger partial charge is 0.279 e. The quantitative estimate of drug-likeness (QED) is 0.367. The summed E-state index contributed by atoms with van der Waals surface area (Å²) in [4.78, 5) is 20.2. The number of thiazole rings is 1. The zero-order valence-electron chi connectivity index (χ0n) is 16.6. The van der Waals surface area contributed by atoms with Gasteiger partial charge in [0.1, 0.15) is 0 Å². The number of aryl methyl sites for hydroxylation is 3. The Balaban J connectivity index is 1.83. The lowest BCUT2D eigenvalue weighted by atomic mass is 10.0. The number of anilines is 1. The molecule has 0 fully saturated rings. The molecule has 4 aromatic rings. The second kappa shape index (κ2) is 7.97. The van der Waals surface area contributed by atoms with Gasteiger partial charge >= 0.3 is 0 Å². The summed E-state index contributed by atoms with van der Waals surface area (Å²) >= 11 is 7.80. The molecule has 1 amide bonds. The minimum atomic E-state index is -0.0436. The molecule has 0 unspecified atom stereocenters. The highest BCUT2D eigenvalue weighted by Crippen LogP contribution is 2.35. The van der Waals surface area contributed by atoms with Crippen LogP contribution in [0.3, 0.4) is 0 Å². The molecule has 4 rings (SSSR count). The molecule has 0 spiro atoms. The molecule has 5 heteroatoms. The first kappa shape index (κ1) is 19.6. The van der Waals surface area contributed by atoms with Crippen molar-refractivity contribution in [3.05, 3.63) is 93.5 Å². The minimum Gasteiger partial charge on any atom is -0.279 e. The van der Waals surface area contributed by atoms with Crippen molar-refractivity contribution in [2.24, 2.45) is 0 Å². The average Bonchev–Trinajstić information content (AvgIpc) is 3.16. The Morgan fingerprint density at radius 2 is 1.79 bits per heavy atom. The van der Waals surface area contributed by atoms with Gasteiger partial charge in [0.25, 0.3) is 5.91 Å². The van der Waals surface area contributed by atoms with E-state index in [9.17, 15) is 4.79 Å².